The van der Waals surface area contributed by atoms with Crippen molar-refractivity contribution < 1.29 is 14.1 Å². The summed E-state index contributed by atoms with van der Waals surface area (Å²) >= 11 is 0. The number of rotatable bonds is 4. The Hall–Kier alpha value is -1.39. The van der Waals surface area contributed by atoms with E-state index in [9.17, 15) is 4.79 Å². The van der Waals surface area contributed by atoms with Gasteiger partial charge in [-0.25, -0.2) is 0 Å². The van der Waals surface area contributed by atoms with Gasteiger partial charge in [0.25, 0.3) is 0 Å². The third-order valence-corrected chi connectivity index (χ3v) is 4.69. The molecule has 1 aromatic rings. The summed E-state index contributed by atoms with van der Waals surface area (Å²) in [5.74, 6) is 1.48. The van der Waals surface area contributed by atoms with Gasteiger partial charge < -0.3 is 9.26 Å². The molecule has 110 valence electrons. The molecule has 0 spiro atoms. The minimum atomic E-state index is -0.681. The lowest BCUT2D eigenvalue weighted by molar-refractivity contribution is -0.151. The predicted octanol–water partition coefficient (Wildman–Crippen LogP) is 3.10. The summed E-state index contributed by atoms with van der Waals surface area (Å²) in [4.78, 5) is 16.9. The number of esters is 1. The quantitative estimate of drug-likeness (QED) is 0.792. The fourth-order valence-corrected chi connectivity index (χ4v) is 3.53. The van der Waals surface area contributed by atoms with Gasteiger partial charge in [-0.2, -0.15) is 4.98 Å². The van der Waals surface area contributed by atoms with E-state index in [2.05, 4.69) is 10.1 Å². The molecule has 0 aromatic carbocycles. The SMILES string of the molecule is CCOC(=O)C1(c2nc(C3CCCC3)no2)CCCC1. The topological polar surface area (TPSA) is 65.2 Å². The van der Waals surface area contributed by atoms with Crippen molar-refractivity contribution in [1.82, 2.24) is 10.1 Å². The molecule has 2 saturated carbocycles. The first-order valence-electron chi connectivity index (χ1n) is 7.77. The lowest BCUT2D eigenvalue weighted by atomic mass is 9.86. The van der Waals surface area contributed by atoms with Gasteiger partial charge in [-0.05, 0) is 32.6 Å². The molecule has 20 heavy (non-hydrogen) atoms. The van der Waals surface area contributed by atoms with Crippen LogP contribution in [0, 0.1) is 0 Å². The average molecular weight is 278 g/mol. The van der Waals surface area contributed by atoms with E-state index in [0.29, 0.717) is 18.4 Å². The van der Waals surface area contributed by atoms with E-state index in [0.717, 1.165) is 44.3 Å². The maximum Gasteiger partial charge on any atom is 0.321 e. The van der Waals surface area contributed by atoms with E-state index in [1.165, 1.54) is 12.8 Å². The van der Waals surface area contributed by atoms with Gasteiger partial charge in [0.15, 0.2) is 5.82 Å². The number of hydrogen-bond acceptors (Lipinski definition) is 5. The molecule has 0 atom stereocenters. The Kier molecular flexibility index (Phi) is 3.76. The third kappa shape index (κ3) is 2.23. The van der Waals surface area contributed by atoms with Gasteiger partial charge in [-0.15, -0.1) is 0 Å². The molecule has 0 N–H and O–H groups in total. The van der Waals surface area contributed by atoms with Crippen LogP contribution < -0.4 is 0 Å². The Balaban J connectivity index is 1.86. The number of hydrogen-bond donors (Lipinski definition) is 0. The van der Waals surface area contributed by atoms with Crippen molar-refractivity contribution in [2.75, 3.05) is 6.61 Å². The second kappa shape index (κ2) is 5.54. The molecule has 0 saturated heterocycles. The largest absolute Gasteiger partial charge is 0.465 e. The normalized spacial score (nSPS) is 22.2. The molecule has 2 fully saturated rings. The molecule has 1 heterocycles. The van der Waals surface area contributed by atoms with Gasteiger partial charge >= 0.3 is 5.97 Å². The van der Waals surface area contributed by atoms with Crippen molar-refractivity contribution >= 4 is 5.97 Å². The predicted molar refractivity (Wildman–Crippen MR) is 72.3 cm³/mol. The second-order valence-electron chi connectivity index (χ2n) is 5.95. The molecule has 0 amide bonds. The van der Waals surface area contributed by atoms with Crippen LogP contribution in [-0.2, 0) is 14.9 Å². The van der Waals surface area contributed by atoms with Crippen LogP contribution in [0.1, 0.15) is 75.9 Å². The smallest absolute Gasteiger partial charge is 0.321 e. The highest BCUT2D eigenvalue weighted by Gasteiger charge is 2.49. The Morgan fingerprint density at radius 3 is 2.65 bits per heavy atom. The Morgan fingerprint density at radius 1 is 1.30 bits per heavy atom. The summed E-state index contributed by atoms with van der Waals surface area (Å²) < 4.78 is 10.7. The van der Waals surface area contributed by atoms with Crippen LogP contribution in [0.25, 0.3) is 0 Å². The minimum absolute atomic E-state index is 0.195. The van der Waals surface area contributed by atoms with E-state index in [1.54, 1.807) is 0 Å². The summed E-state index contributed by atoms with van der Waals surface area (Å²) in [7, 11) is 0. The maximum atomic E-state index is 12.3. The molecule has 5 nitrogen and oxygen atoms in total. The zero-order valence-corrected chi connectivity index (χ0v) is 12.1. The fourth-order valence-electron chi connectivity index (χ4n) is 3.53. The lowest BCUT2D eigenvalue weighted by Gasteiger charge is -2.21. The van der Waals surface area contributed by atoms with Crippen molar-refractivity contribution in [3.05, 3.63) is 11.7 Å². The Bertz CT molecular complexity index is 471. The number of nitrogens with zero attached hydrogens (tertiary/aromatic N) is 2. The van der Waals surface area contributed by atoms with E-state index < -0.39 is 5.41 Å². The van der Waals surface area contributed by atoms with Gasteiger partial charge in [0.2, 0.25) is 5.89 Å². The zero-order chi connectivity index (χ0) is 14.0. The van der Waals surface area contributed by atoms with E-state index in [4.69, 9.17) is 9.26 Å². The van der Waals surface area contributed by atoms with Gasteiger partial charge in [-0.3, -0.25) is 4.79 Å². The van der Waals surface area contributed by atoms with E-state index >= 15 is 0 Å². The van der Waals surface area contributed by atoms with Crippen LogP contribution in [0.5, 0.6) is 0 Å². The van der Waals surface area contributed by atoms with Gasteiger partial charge in [0, 0.05) is 5.92 Å². The molecule has 0 unspecified atom stereocenters. The minimum Gasteiger partial charge on any atom is -0.465 e. The van der Waals surface area contributed by atoms with Crippen molar-refractivity contribution in [3.8, 4) is 0 Å². The third-order valence-electron chi connectivity index (χ3n) is 4.69. The molecule has 0 bridgehead atoms. The number of carbonyl (C=O) groups excluding carboxylic acids is 1. The molecule has 5 heteroatoms. The molecule has 2 aliphatic carbocycles. The molecule has 2 aliphatic rings. The highest BCUT2D eigenvalue weighted by molar-refractivity contribution is 5.82. The van der Waals surface area contributed by atoms with E-state index in [-0.39, 0.29) is 5.97 Å². The van der Waals surface area contributed by atoms with Gasteiger partial charge in [-0.1, -0.05) is 30.8 Å². The average Bonchev–Trinajstić information content (AvgIpc) is 3.19. The van der Waals surface area contributed by atoms with Crippen molar-refractivity contribution in [2.24, 2.45) is 0 Å². The van der Waals surface area contributed by atoms with Crippen molar-refractivity contribution in [2.45, 2.75) is 69.6 Å². The first-order valence-corrected chi connectivity index (χ1v) is 7.77. The van der Waals surface area contributed by atoms with Crippen LogP contribution in [0.2, 0.25) is 0 Å². The number of ether oxygens (including phenoxy) is 1. The molecule has 0 aliphatic heterocycles. The van der Waals surface area contributed by atoms with Crippen LogP contribution in [0.3, 0.4) is 0 Å². The monoisotopic (exact) mass is 278 g/mol. The van der Waals surface area contributed by atoms with Crippen LogP contribution in [-0.4, -0.2) is 22.7 Å². The molecular formula is C15H22N2O3. The summed E-state index contributed by atoms with van der Waals surface area (Å²) in [6.45, 7) is 2.22. The van der Waals surface area contributed by atoms with Crippen LogP contribution in [0.4, 0.5) is 0 Å². The molecule has 3 rings (SSSR count). The standard InChI is InChI=1S/C15H22N2O3/c1-2-19-14(18)15(9-5-6-10-15)13-16-12(17-20-13)11-7-3-4-8-11/h11H,2-10H2,1H3. The fraction of sp³-hybridized carbons (Fsp3) is 0.800. The molecule has 0 radical (unpaired) electrons. The lowest BCUT2D eigenvalue weighted by Crippen LogP contribution is -2.35. The summed E-state index contributed by atoms with van der Waals surface area (Å²) in [5, 5.41) is 4.14. The highest BCUT2D eigenvalue weighted by Crippen LogP contribution is 2.42. The van der Waals surface area contributed by atoms with Crippen LogP contribution >= 0.6 is 0 Å². The van der Waals surface area contributed by atoms with Crippen LogP contribution in [0.15, 0.2) is 4.52 Å². The summed E-state index contributed by atoms with van der Waals surface area (Å²) in [5.41, 5.74) is -0.681. The Labute approximate surface area is 119 Å². The number of carbonyl (C=O) groups is 1. The molecular weight excluding hydrogens is 256 g/mol. The van der Waals surface area contributed by atoms with E-state index in [1.807, 2.05) is 6.92 Å². The summed E-state index contributed by atoms with van der Waals surface area (Å²) in [6, 6.07) is 0. The highest BCUT2D eigenvalue weighted by atomic mass is 16.5. The van der Waals surface area contributed by atoms with Crippen molar-refractivity contribution in [1.29, 1.82) is 0 Å². The van der Waals surface area contributed by atoms with Crippen molar-refractivity contribution in [3.63, 3.8) is 0 Å². The second-order valence-corrected chi connectivity index (χ2v) is 5.95. The van der Waals surface area contributed by atoms with Gasteiger partial charge in [0.05, 0.1) is 6.61 Å². The number of aromatic nitrogens is 2. The Morgan fingerprint density at radius 2 is 2.00 bits per heavy atom. The van der Waals surface area contributed by atoms with Gasteiger partial charge in [0.1, 0.15) is 5.41 Å². The molecule has 1 aromatic heterocycles. The maximum absolute atomic E-state index is 12.3. The first-order chi connectivity index (χ1) is 9.76. The first kappa shape index (κ1) is 13.6. The zero-order valence-electron chi connectivity index (χ0n) is 12.1. The summed E-state index contributed by atoms with van der Waals surface area (Å²) in [6.07, 6.45) is 8.28.